The molecule has 7 heteroatoms. The van der Waals surface area contributed by atoms with E-state index >= 15 is 0 Å². The first kappa shape index (κ1) is 13.4. The van der Waals surface area contributed by atoms with Crippen molar-refractivity contribution in [1.82, 2.24) is 20.2 Å². The molecule has 0 aliphatic heterocycles. The van der Waals surface area contributed by atoms with E-state index in [0.29, 0.717) is 29.2 Å². The number of amides is 1. The van der Waals surface area contributed by atoms with Crippen LogP contribution in [0.2, 0.25) is 5.15 Å². The molecule has 0 aliphatic rings. The lowest BCUT2D eigenvalue weighted by atomic mass is 10.1. The fourth-order valence-electron chi connectivity index (χ4n) is 1.53. The highest BCUT2D eigenvalue weighted by atomic mass is 35.5. The van der Waals surface area contributed by atoms with Crippen LogP contribution in [0.25, 0.3) is 0 Å². The van der Waals surface area contributed by atoms with Gasteiger partial charge in [-0.3, -0.25) is 4.79 Å². The normalized spacial score (nSPS) is 10.3. The Morgan fingerprint density at radius 3 is 2.74 bits per heavy atom. The number of hydrogen-bond acceptors (Lipinski definition) is 5. The Morgan fingerprint density at radius 2 is 2.11 bits per heavy atom. The number of aromatic nitrogens is 4. The molecule has 0 bridgehead atoms. The Morgan fingerprint density at radius 1 is 1.32 bits per heavy atom. The molecule has 0 saturated heterocycles. The van der Waals surface area contributed by atoms with E-state index in [4.69, 9.17) is 11.6 Å². The van der Waals surface area contributed by atoms with Crippen molar-refractivity contribution in [2.24, 2.45) is 0 Å². The summed E-state index contributed by atoms with van der Waals surface area (Å²) in [6, 6.07) is 1.70. The second-order valence-corrected chi connectivity index (χ2v) is 4.27. The summed E-state index contributed by atoms with van der Waals surface area (Å²) in [6.45, 7) is 3.70. The maximum atomic E-state index is 12.2. The third-order valence-electron chi connectivity index (χ3n) is 2.43. The summed E-state index contributed by atoms with van der Waals surface area (Å²) in [6.07, 6.45) is 3.39. The number of anilines is 1. The van der Waals surface area contributed by atoms with Gasteiger partial charge in [-0.2, -0.15) is 10.2 Å². The quantitative estimate of drug-likeness (QED) is 0.928. The van der Waals surface area contributed by atoms with Gasteiger partial charge >= 0.3 is 0 Å². The Bertz CT molecular complexity index is 600. The van der Waals surface area contributed by atoms with Crippen LogP contribution in [-0.2, 0) is 6.42 Å². The fraction of sp³-hybridized carbons (Fsp3) is 0.250. The van der Waals surface area contributed by atoms with Crippen molar-refractivity contribution < 1.29 is 4.79 Å². The molecule has 0 unspecified atom stereocenters. The number of carbonyl (C=O) groups excluding carboxylic acids is 1. The predicted molar refractivity (Wildman–Crippen MR) is 71.1 cm³/mol. The van der Waals surface area contributed by atoms with E-state index in [0.717, 1.165) is 0 Å². The molecular formula is C12H12ClN5O. The second-order valence-electron chi connectivity index (χ2n) is 3.88. The number of nitrogens with one attached hydrogen (secondary N) is 1. The van der Waals surface area contributed by atoms with Crippen LogP contribution in [0.1, 0.15) is 28.7 Å². The van der Waals surface area contributed by atoms with Gasteiger partial charge in [0.1, 0.15) is 5.15 Å². The van der Waals surface area contributed by atoms with Crippen molar-refractivity contribution in [3.05, 3.63) is 40.6 Å². The van der Waals surface area contributed by atoms with Gasteiger partial charge in [-0.15, -0.1) is 0 Å². The SMILES string of the molecule is CCc1nnc(C)cc1C(=O)Nc1cnc(Cl)cn1. The molecule has 0 aliphatic carbocycles. The maximum Gasteiger partial charge on any atom is 0.258 e. The molecule has 0 saturated carbocycles. The Labute approximate surface area is 115 Å². The van der Waals surface area contributed by atoms with Crippen molar-refractivity contribution >= 4 is 23.3 Å². The summed E-state index contributed by atoms with van der Waals surface area (Å²) in [5, 5.41) is 10.9. The average molecular weight is 278 g/mol. The van der Waals surface area contributed by atoms with Crippen molar-refractivity contribution in [2.45, 2.75) is 20.3 Å². The van der Waals surface area contributed by atoms with Crippen LogP contribution >= 0.6 is 11.6 Å². The lowest BCUT2D eigenvalue weighted by Crippen LogP contribution is -2.17. The molecule has 0 radical (unpaired) electrons. The highest BCUT2D eigenvalue weighted by Gasteiger charge is 2.13. The molecule has 1 amide bonds. The maximum absolute atomic E-state index is 12.2. The smallest absolute Gasteiger partial charge is 0.258 e. The number of aryl methyl sites for hydroxylation is 2. The molecule has 19 heavy (non-hydrogen) atoms. The molecule has 0 atom stereocenters. The van der Waals surface area contributed by atoms with Gasteiger partial charge in [0.15, 0.2) is 5.82 Å². The van der Waals surface area contributed by atoms with E-state index in [1.165, 1.54) is 12.4 Å². The molecule has 1 N–H and O–H groups in total. The standard InChI is InChI=1S/C12H12ClN5O/c1-3-9-8(4-7(2)17-18-9)12(19)16-11-6-14-10(13)5-15-11/h4-6H,3H2,1-2H3,(H,15,16,19). The summed E-state index contributed by atoms with van der Waals surface area (Å²) in [5.74, 6) is 0.0531. The minimum absolute atomic E-state index is 0.272. The molecule has 2 rings (SSSR count). The fourth-order valence-corrected chi connectivity index (χ4v) is 1.63. The summed E-state index contributed by atoms with van der Waals surface area (Å²) in [5.41, 5.74) is 1.82. The van der Waals surface area contributed by atoms with Crippen molar-refractivity contribution in [3.8, 4) is 0 Å². The van der Waals surface area contributed by atoms with Crippen molar-refractivity contribution in [3.63, 3.8) is 0 Å². The molecule has 0 spiro atoms. The van der Waals surface area contributed by atoms with Crippen LogP contribution in [0, 0.1) is 6.92 Å². The molecular weight excluding hydrogens is 266 g/mol. The molecule has 2 heterocycles. The van der Waals surface area contributed by atoms with Gasteiger partial charge in [0.25, 0.3) is 5.91 Å². The Hall–Kier alpha value is -2.08. The molecule has 98 valence electrons. The number of nitrogens with zero attached hydrogens (tertiary/aromatic N) is 4. The number of rotatable bonds is 3. The number of halogens is 1. The second kappa shape index (κ2) is 5.71. The summed E-state index contributed by atoms with van der Waals surface area (Å²) in [7, 11) is 0. The van der Waals surface area contributed by atoms with E-state index in [1.807, 2.05) is 6.92 Å². The summed E-state index contributed by atoms with van der Waals surface area (Å²) >= 11 is 5.63. The molecule has 2 aromatic rings. The van der Waals surface area contributed by atoms with Crippen molar-refractivity contribution in [2.75, 3.05) is 5.32 Å². The first-order valence-electron chi connectivity index (χ1n) is 5.72. The average Bonchev–Trinajstić information content (AvgIpc) is 2.41. The number of carbonyl (C=O) groups is 1. The summed E-state index contributed by atoms with van der Waals surface area (Å²) < 4.78 is 0. The minimum Gasteiger partial charge on any atom is -0.305 e. The first-order valence-corrected chi connectivity index (χ1v) is 6.10. The molecule has 0 fully saturated rings. The van der Waals surface area contributed by atoms with E-state index in [-0.39, 0.29) is 11.1 Å². The van der Waals surface area contributed by atoms with E-state index in [2.05, 4.69) is 25.5 Å². The van der Waals surface area contributed by atoms with E-state index in [1.54, 1.807) is 13.0 Å². The lowest BCUT2D eigenvalue weighted by Gasteiger charge is -2.07. The lowest BCUT2D eigenvalue weighted by molar-refractivity contribution is 0.102. The number of hydrogen-bond donors (Lipinski definition) is 1. The zero-order valence-corrected chi connectivity index (χ0v) is 11.3. The Kier molecular flexibility index (Phi) is 4.01. The van der Waals surface area contributed by atoms with Gasteiger partial charge in [0.2, 0.25) is 0 Å². The van der Waals surface area contributed by atoms with Crippen LogP contribution in [0.3, 0.4) is 0 Å². The zero-order valence-electron chi connectivity index (χ0n) is 10.5. The zero-order chi connectivity index (χ0) is 13.8. The monoisotopic (exact) mass is 277 g/mol. The Balaban J connectivity index is 2.24. The topological polar surface area (TPSA) is 80.7 Å². The third-order valence-corrected chi connectivity index (χ3v) is 2.63. The van der Waals surface area contributed by atoms with Gasteiger partial charge in [0.05, 0.1) is 29.3 Å². The van der Waals surface area contributed by atoms with Crippen LogP contribution in [-0.4, -0.2) is 26.1 Å². The van der Waals surface area contributed by atoms with Gasteiger partial charge in [-0.05, 0) is 19.4 Å². The van der Waals surface area contributed by atoms with Crippen molar-refractivity contribution in [1.29, 1.82) is 0 Å². The van der Waals surface area contributed by atoms with Gasteiger partial charge in [-0.25, -0.2) is 9.97 Å². The predicted octanol–water partition coefficient (Wildman–Crippen LogP) is 2.04. The van der Waals surface area contributed by atoms with E-state index < -0.39 is 0 Å². The highest BCUT2D eigenvalue weighted by molar-refractivity contribution is 6.29. The van der Waals surface area contributed by atoms with Crippen LogP contribution in [0.4, 0.5) is 5.82 Å². The largest absolute Gasteiger partial charge is 0.305 e. The minimum atomic E-state index is -0.286. The molecule has 6 nitrogen and oxygen atoms in total. The van der Waals surface area contributed by atoms with Crippen LogP contribution in [0.15, 0.2) is 18.5 Å². The molecule has 2 aromatic heterocycles. The molecule has 0 aromatic carbocycles. The summed E-state index contributed by atoms with van der Waals surface area (Å²) in [4.78, 5) is 20.0. The van der Waals surface area contributed by atoms with Gasteiger partial charge < -0.3 is 5.32 Å². The highest BCUT2D eigenvalue weighted by Crippen LogP contribution is 2.11. The van der Waals surface area contributed by atoms with E-state index in [9.17, 15) is 4.79 Å². The first-order chi connectivity index (χ1) is 9.10. The van der Waals surface area contributed by atoms with Gasteiger partial charge in [0, 0.05) is 0 Å². The van der Waals surface area contributed by atoms with Gasteiger partial charge in [-0.1, -0.05) is 18.5 Å². The van der Waals surface area contributed by atoms with Crippen LogP contribution < -0.4 is 5.32 Å². The third kappa shape index (κ3) is 3.23. The van der Waals surface area contributed by atoms with Crippen LogP contribution in [0.5, 0.6) is 0 Å².